The molecule has 4 nitrogen and oxygen atoms in total. The molecule has 0 unspecified atom stereocenters. The summed E-state index contributed by atoms with van der Waals surface area (Å²) in [7, 11) is 0. The maximum Gasteiger partial charge on any atom is 0.118 e. The average molecular weight is 509 g/mol. The van der Waals surface area contributed by atoms with Crippen LogP contribution in [0.4, 0.5) is 0 Å². The van der Waals surface area contributed by atoms with Crippen LogP contribution in [0.2, 0.25) is 0 Å². The summed E-state index contributed by atoms with van der Waals surface area (Å²) >= 11 is 0. The highest BCUT2D eigenvalue weighted by Gasteiger charge is 2.56. The van der Waals surface area contributed by atoms with Gasteiger partial charge in [0.25, 0.3) is 0 Å². The van der Waals surface area contributed by atoms with E-state index in [4.69, 9.17) is 0 Å². The first-order valence-corrected chi connectivity index (χ1v) is 13.3. The van der Waals surface area contributed by atoms with E-state index in [9.17, 15) is 20.4 Å². The van der Waals surface area contributed by atoms with Gasteiger partial charge in [0.05, 0.1) is 0 Å². The van der Waals surface area contributed by atoms with Gasteiger partial charge in [-0.15, -0.1) is 0 Å². The van der Waals surface area contributed by atoms with Gasteiger partial charge in [0, 0.05) is 10.8 Å². The topological polar surface area (TPSA) is 80.9 Å². The molecule has 4 aromatic carbocycles. The predicted molar refractivity (Wildman–Crippen MR) is 151 cm³/mol. The maximum atomic E-state index is 10.5. The van der Waals surface area contributed by atoms with Gasteiger partial charge >= 0.3 is 0 Å². The van der Waals surface area contributed by atoms with Crippen molar-refractivity contribution in [2.45, 2.75) is 64.2 Å². The highest BCUT2D eigenvalue weighted by atomic mass is 16.3. The second-order valence-electron chi connectivity index (χ2n) is 11.0. The zero-order chi connectivity index (χ0) is 27.2. The minimum Gasteiger partial charge on any atom is -0.508 e. The molecule has 5 rings (SSSR count). The zero-order valence-corrected chi connectivity index (χ0v) is 22.5. The molecule has 1 aliphatic rings. The second-order valence-corrected chi connectivity index (χ2v) is 11.0. The standard InChI is InChI=1S/C34H36O4/c1-21-17-25(7-11-29(21)35)33(26-8-12-30(36)22(2)18-26)15-5-6-16-34(33,27-9-13-31(37)23(3)19-27)28-10-14-32(38)24(4)20-28/h7-14,17-20,35-38H,5-6,15-16H2,1-4H3. The quantitative estimate of drug-likeness (QED) is 0.229. The van der Waals surface area contributed by atoms with Crippen molar-refractivity contribution < 1.29 is 20.4 Å². The Kier molecular flexibility index (Phi) is 6.38. The minimum absolute atomic E-state index is 0.258. The van der Waals surface area contributed by atoms with Gasteiger partial charge in [-0.2, -0.15) is 0 Å². The summed E-state index contributed by atoms with van der Waals surface area (Å²) in [6.45, 7) is 7.70. The molecule has 0 bridgehead atoms. The molecule has 0 heterocycles. The molecule has 4 N–H and O–H groups in total. The maximum absolute atomic E-state index is 10.5. The Balaban J connectivity index is 1.98. The number of aryl methyl sites for hydroxylation is 4. The van der Waals surface area contributed by atoms with Gasteiger partial charge in [-0.05, 0) is 109 Å². The van der Waals surface area contributed by atoms with Crippen molar-refractivity contribution in [3.8, 4) is 23.0 Å². The molecule has 4 aromatic rings. The Bertz CT molecular complexity index is 1300. The molecule has 0 amide bonds. The lowest BCUT2D eigenvalue weighted by molar-refractivity contribution is 0.212. The smallest absolute Gasteiger partial charge is 0.118 e. The second kappa shape index (κ2) is 9.43. The average Bonchev–Trinajstić information content (AvgIpc) is 2.90. The number of rotatable bonds is 4. The molecule has 196 valence electrons. The van der Waals surface area contributed by atoms with Crippen LogP contribution in [0.1, 0.15) is 70.2 Å². The van der Waals surface area contributed by atoms with E-state index in [1.54, 1.807) is 24.3 Å². The first kappa shape index (κ1) is 25.7. The summed E-state index contributed by atoms with van der Waals surface area (Å²) < 4.78 is 0. The summed E-state index contributed by atoms with van der Waals surface area (Å²) in [6, 6.07) is 23.6. The molecule has 1 aliphatic carbocycles. The summed E-state index contributed by atoms with van der Waals surface area (Å²) in [5.74, 6) is 1.03. The van der Waals surface area contributed by atoms with Crippen LogP contribution in [0.15, 0.2) is 72.8 Å². The van der Waals surface area contributed by atoms with E-state index < -0.39 is 10.8 Å². The van der Waals surface area contributed by atoms with Crippen LogP contribution in [0.3, 0.4) is 0 Å². The van der Waals surface area contributed by atoms with Gasteiger partial charge in [0.1, 0.15) is 23.0 Å². The van der Waals surface area contributed by atoms with Crippen molar-refractivity contribution in [3.05, 3.63) is 117 Å². The van der Waals surface area contributed by atoms with Gasteiger partial charge in [0.2, 0.25) is 0 Å². The van der Waals surface area contributed by atoms with Crippen LogP contribution in [0.25, 0.3) is 0 Å². The van der Waals surface area contributed by atoms with Crippen LogP contribution in [0, 0.1) is 27.7 Å². The summed E-state index contributed by atoms with van der Waals surface area (Å²) in [5, 5.41) is 41.9. The van der Waals surface area contributed by atoms with E-state index in [0.29, 0.717) is 0 Å². The number of phenols is 4. The third kappa shape index (κ3) is 3.82. The summed E-state index contributed by atoms with van der Waals surface area (Å²) in [5.41, 5.74) is 6.47. The Morgan fingerprint density at radius 1 is 0.421 bits per heavy atom. The first-order valence-electron chi connectivity index (χ1n) is 13.3. The predicted octanol–water partition coefficient (Wildman–Crippen LogP) is 7.59. The Morgan fingerprint density at radius 3 is 0.868 bits per heavy atom. The van der Waals surface area contributed by atoms with Crippen molar-refractivity contribution in [1.29, 1.82) is 0 Å². The van der Waals surface area contributed by atoms with Gasteiger partial charge in [-0.1, -0.05) is 61.4 Å². The fourth-order valence-electron chi connectivity index (χ4n) is 6.79. The van der Waals surface area contributed by atoms with Crippen LogP contribution in [-0.4, -0.2) is 20.4 Å². The lowest BCUT2D eigenvalue weighted by atomic mass is 9.46. The molecule has 0 spiro atoms. The lowest BCUT2D eigenvalue weighted by Gasteiger charge is -2.56. The Morgan fingerprint density at radius 2 is 0.658 bits per heavy atom. The van der Waals surface area contributed by atoms with Crippen molar-refractivity contribution in [2.24, 2.45) is 0 Å². The molecule has 0 aliphatic heterocycles. The monoisotopic (exact) mass is 508 g/mol. The first-order chi connectivity index (χ1) is 18.1. The number of aromatic hydroxyl groups is 4. The number of phenolic OH excluding ortho intramolecular Hbond substituents is 4. The van der Waals surface area contributed by atoms with Gasteiger partial charge in [-0.25, -0.2) is 0 Å². The van der Waals surface area contributed by atoms with Crippen molar-refractivity contribution in [2.75, 3.05) is 0 Å². The largest absolute Gasteiger partial charge is 0.508 e. The fraction of sp³-hybridized carbons (Fsp3) is 0.294. The third-order valence-corrected chi connectivity index (χ3v) is 8.84. The van der Waals surface area contributed by atoms with E-state index in [1.165, 1.54) is 0 Å². The Labute approximate surface area is 224 Å². The molecular weight excluding hydrogens is 472 g/mol. The van der Waals surface area contributed by atoms with E-state index in [2.05, 4.69) is 24.3 Å². The normalized spacial score (nSPS) is 16.3. The molecule has 4 heteroatoms. The number of hydrogen-bond donors (Lipinski definition) is 4. The zero-order valence-electron chi connectivity index (χ0n) is 22.5. The SMILES string of the molecule is Cc1cc(C2(c3ccc(O)c(C)c3)CCCCC2(c2ccc(O)c(C)c2)c2ccc(O)c(C)c2)ccc1O. The van der Waals surface area contributed by atoms with Gasteiger partial charge < -0.3 is 20.4 Å². The van der Waals surface area contributed by atoms with E-state index in [1.807, 2.05) is 52.0 Å². The fourth-order valence-corrected chi connectivity index (χ4v) is 6.79. The molecule has 1 fully saturated rings. The molecular formula is C34H36O4. The number of benzene rings is 4. The molecule has 0 aromatic heterocycles. The van der Waals surface area contributed by atoms with Crippen LogP contribution < -0.4 is 0 Å². The number of hydrogen-bond acceptors (Lipinski definition) is 4. The van der Waals surface area contributed by atoms with Gasteiger partial charge in [0.15, 0.2) is 0 Å². The van der Waals surface area contributed by atoms with Gasteiger partial charge in [-0.3, -0.25) is 0 Å². The summed E-state index contributed by atoms with van der Waals surface area (Å²) in [4.78, 5) is 0. The van der Waals surface area contributed by atoms with Crippen molar-refractivity contribution in [3.63, 3.8) is 0 Å². The van der Waals surface area contributed by atoms with Crippen LogP contribution >= 0.6 is 0 Å². The van der Waals surface area contributed by atoms with E-state index in [-0.39, 0.29) is 23.0 Å². The molecule has 0 atom stereocenters. The molecule has 38 heavy (non-hydrogen) atoms. The molecule has 0 radical (unpaired) electrons. The van der Waals surface area contributed by atoms with E-state index in [0.717, 1.165) is 70.2 Å². The lowest BCUT2D eigenvalue weighted by Crippen LogP contribution is -2.53. The van der Waals surface area contributed by atoms with Crippen molar-refractivity contribution in [1.82, 2.24) is 0 Å². The van der Waals surface area contributed by atoms with Crippen molar-refractivity contribution >= 4 is 0 Å². The summed E-state index contributed by atoms with van der Waals surface area (Å²) in [6.07, 6.45) is 3.72. The van der Waals surface area contributed by atoms with Crippen LogP contribution in [-0.2, 0) is 10.8 Å². The molecule has 0 saturated heterocycles. The third-order valence-electron chi connectivity index (χ3n) is 8.84. The highest BCUT2D eigenvalue weighted by molar-refractivity contribution is 5.60. The highest BCUT2D eigenvalue weighted by Crippen LogP contribution is 2.61. The van der Waals surface area contributed by atoms with E-state index >= 15 is 0 Å². The Hall–Kier alpha value is -3.92. The molecule has 1 saturated carbocycles. The van der Waals surface area contributed by atoms with Crippen LogP contribution in [0.5, 0.6) is 23.0 Å². The minimum atomic E-state index is -0.561.